The van der Waals surface area contributed by atoms with Gasteiger partial charge in [-0.2, -0.15) is 0 Å². The molecule has 0 aromatic rings. The number of carbonyl (C=O) groups is 8. The highest BCUT2D eigenvalue weighted by atomic mass is 16.7. The Morgan fingerprint density at radius 2 is 0.833 bits per heavy atom. The Balaban J connectivity index is 0.000000510. The van der Waals surface area contributed by atoms with Crippen LogP contribution in [0.4, 0.5) is 0 Å². The molecule has 0 radical (unpaired) electrons. The Hall–Kier alpha value is -4.32. The molecule has 1 N–H and O–H groups in total. The van der Waals surface area contributed by atoms with Crippen LogP contribution in [0.2, 0.25) is 0 Å². The van der Waals surface area contributed by atoms with E-state index in [9.17, 15) is 43.5 Å². The Labute approximate surface area is 734 Å². The molecule has 1 heterocycles. The summed E-state index contributed by atoms with van der Waals surface area (Å²) in [6.07, 6.45) is 36.6. The second kappa shape index (κ2) is 43.0. The van der Waals surface area contributed by atoms with Crippen LogP contribution >= 0.6 is 0 Å². The Bertz CT molecular complexity index is 3230. The summed E-state index contributed by atoms with van der Waals surface area (Å²) < 4.78 is 52.1. The summed E-state index contributed by atoms with van der Waals surface area (Å²) >= 11 is 0. The van der Waals surface area contributed by atoms with E-state index in [0.717, 1.165) is 146 Å². The molecule has 1 aliphatic heterocycles. The van der Waals surface area contributed by atoms with Crippen LogP contribution in [0, 0.1) is 127 Å². The number of hydrogen-bond acceptors (Lipinski definition) is 18. The van der Waals surface area contributed by atoms with Crippen LogP contribution in [-0.4, -0.2) is 113 Å². The average molecular weight is 1700 g/mol. The van der Waals surface area contributed by atoms with Gasteiger partial charge in [-0.15, -0.1) is 0 Å². The summed E-state index contributed by atoms with van der Waals surface area (Å²) in [6.45, 7) is 33.5. The summed E-state index contributed by atoms with van der Waals surface area (Å²) in [5, 5.41) is 10.6. The van der Waals surface area contributed by atoms with Crippen LogP contribution < -0.4 is 0 Å². The molecule has 20 fully saturated rings. The molecule has 18 nitrogen and oxygen atoms in total. The van der Waals surface area contributed by atoms with Crippen molar-refractivity contribution >= 4 is 47.8 Å². The number of aliphatic hydroxyl groups is 1. The smallest absolute Gasteiger partial charge is 0.344 e. The minimum Gasteiger partial charge on any atom is -0.461 e. The lowest BCUT2D eigenvalue weighted by Crippen LogP contribution is -2.61. The maximum absolute atomic E-state index is 13.4. The van der Waals surface area contributed by atoms with E-state index in [1.807, 2.05) is 83.1 Å². The SMILES string of the molecule is C.C.C.C.C.C.C.C.C.C.CCC(C)(C)C(=O)OC1(CC)C2CC3CC(C2)CC1C3.CCC(C)(C)C(=O)OC12CC3CC(CC(O)(C3)C1)C2.CCC(C)(C)C(=O)OC1C2CC3CC1CC(C(=O)OCOC1C4CC5CC(C4)CC1C5)(C3)C2.CCC(C)(C)C(=O)OCC(=O)OC1C2CC3C(=O)OC1C3C2.CCC1(OC(=O)C(C)(C)CC)CCCCC1. The normalized spacial score (nSPS) is 36.3. The number of fused-ring (bicyclic) bond motifs is 1. The monoisotopic (exact) mass is 1700 g/mol. The van der Waals surface area contributed by atoms with Crippen molar-refractivity contribution in [3.05, 3.63) is 0 Å². The van der Waals surface area contributed by atoms with Gasteiger partial charge < -0.3 is 47.7 Å². The minimum absolute atomic E-state index is 0. The fourth-order valence-corrected chi connectivity index (χ4v) is 25.2. The van der Waals surface area contributed by atoms with E-state index in [-0.39, 0.29) is 193 Å². The minimum atomic E-state index is -0.610. The van der Waals surface area contributed by atoms with Crippen LogP contribution in [0.15, 0.2) is 0 Å². The molecule has 20 rings (SSSR count). The Kier molecular flexibility index (Phi) is 40.0. The average Bonchev–Trinajstić information content (AvgIpc) is 0.739. The largest absolute Gasteiger partial charge is 0.461 e. The Morgan fingerprint density at radius 1 is 0.408 bits per heavy atom. The molecule has 1 saturated heterocycles. The summed E-state index contributed by atoms with van der Waals surface area (Å²) in [6, 6.07) is 0. The van der Waals surface area contributed by atoms with Crippen LogP contribution in [0.3, 0.4) is 0 Å². The van der Waals surface area contributed by atoms with Crippen molar-refractivity contribution in [2.75, 3.05) is 13.4 Å². The molecule has 9 unspecified atom stereocenters. The second-order valence-electron chi connectivity index (χ2n) is 42.6. The first-order chi connectivity index (χ1) is 51.7. The predicted molar refractivity (Wildman–Crippen MR) is 484 cm³/mol. The van der Waals surface area contributed by atoms with Gasteiger partial charge in [0.1, 0.15) is 35.1 Å². The van der Waals surface area contributed by atoms with Gasteiger partial charge in [-0.3, -0.25) is 33.6 Å². The fraction of sp³-hybridized carbons (Fsp3) is 0.922. The molecule has 0 aromatic carbocycles. The lowest BCUT2D eigenvalue weighted by Gasteiger charge is -2.60. The molecule has 0 aromatic heterocycles. The van der Waals surface area contributed by atoms with Crippen molar-refractivity contribution < 1.29 is 86.1 Å². The van der Waals surface area contributed by atoms with E-state index in [2.05, 4.69) is 20.8 Å². The lowest BCUT2D eigenvalue weighted by atomic mass is 9.48. The summed E-state index contributed by atoms with van der Waals surface area (Å²) in [5.74, 6) is 7.66. The first-order valence-electron chi connectivity index (χ1n) is 44.7. The van der Waals surface area contributed by atoms with Crippen molar-refractivity contribution in [2.24, 2.45) is 127 Å². The van der Waals surface area contributed by atoms with Crippen molar-refractivity contribution in [3.63, 3.8) is 0 Å². The molecule has 19 aliphatic carbocycles. The van der Waals surface area contributed by atoms with Crippen LogP contribution in [-0.2, 0) is 81.0 Å². The third-order valence-corrected chi connectivity index (χ3v) is 33.0. The first kappa shape index (κ1) is 112. The zero-order chi connectivity index (χ0) is 79.7. The van der Waals surface area contributed by atoms with Gasteiger partial charge in [0.15, 0.2) is 13.4 Å². The molecule has 18 heteroatoms. The highest BCUT2D eigenvalue weighted by Gasteiger charge is 2.66. The van der Waals surface area contributed by atoms with Crippen LogP contribution in [0.25, 0.3) is 0 Å². The predicted octanol–water partition coefficient (Wildman–Crippen LogP) is 25.0. The third kappa shape index (κ3) is 23.2. The van der Waals surface area contributed by atoms with Gasteiger partial charge in [0.2, 0.25) is 0 Å². The number of carbonyl (C=O) groups excluding carboxylic acids is 8. The molecule has 120 heavy (non-hydrogen) atoms. The number of hydrogen-bond donors (Lipinski definition) is 1. The molecule has 0 amide bonds. The van der Waals surface area contributed by atoms with E-state index in [0.29, 0.717) is 72.2 Å². The van der Waals surface area contributed by atoms with Crippen molar-refractivity contribution in [1.82, 2.24) is 0 Å². The molecular formula is C102H186O18. The number of ether oxygens (including phenoxy) is 9. The van der Waals surface area contributed by atoms with Crippen molar-refractivity contribution in [2.45, 2.75) is 464 Å². The van der Waals surface area contributed by atoms with E-state index in [1.54, 1.807) is 13.8 Å². The second-order valence-corrected chi connectivity index (χ2v) is 42.6. The van der Waals surface area contributed by atoms with Gasteiger partial charge in [-0.25, -0.2) is 4.79 Å². The maximum atomic E-state index is 13.4. The third-order valence-electron chi connectivity index (χ3n) is 33.0. The van der Waals surface area contributed by atoms with Gasteiger partial charge in [-0.1, -0.05) is 129 Å². The summed E-state index contributed by atoms with van der Waals surface area (Å²) in [4.78, 5) is 98.7. The standard InChI is InChI=1S/C28H42O5.C18H30O2.C16H22O6.C16H26O3.C14H26O2.10CH4/c1-4-27(2,3)25(29)33-24-21-10-18-11-22(24)14-28(12-18,13-21)26(30)32-15-31-23-19-6-16-5-17(8-19)9-20(23)7-16;1-5-17(3,4)16(19)20-18(6-2)14-8-12-7-13(10-14)11-15(18)9-12;1-4-16(2,3)15(19)20-7-11(17)21-12-8-5-9-10(6-8)14(18)22-13(9)12;1-4-14(2,3)13(17)19-16-8-11-5-12(9-16)7-15(18,6-11)10-16;1-5-13(3,4)12(15)16-14(6-2)10-8-7-9-11-14;;;;;;;;;;/h16-24H,4-15H2,1-3H3;12-15H,5-11H2,1-4H3;8-10,12-13H,4-7H2,1-3H3;11-12,18H,4-10H2,1-3H3;5-11H2,1-4H3;10*1H4. The number of esters is 8. The van der Waals surface area contributed by atoms with E-state index in [4.69, 9.17) is 42.6 Å². The van der Waals surface area contributed by atoms with E-state index < -0.39 is 33.8 Å². The maximum Gasteiger partial charge on any atom is 0.344 e. The van der Waals surface area contributed by atoms with Crippen LogP contribution in [0.5, 0.6) is 0 Å². The van der Waals surface area contributed by atoms with Gasteiger partial charge in [0.25, 0.3) is 0 Å². The first-order valence-corrected chi connectivity index (χ1v) is 44.7. The molecule has 702 valence electrons. The molecule has 19 saturated carbocycles. The number of rotatable bonds is 23. The zero-order valence-electron chi connectivity index (χ0n) is 71.1. The molecule has 0 spiro atoms. The van der Waals surface area contributed by atoms with Crippen molar-refractivity contribution in [1.29, 1.82) is 0 Å². The van der Waals surface area contributed by atoms with E-state index in [1.165, 1.54) is 89.9 Å². The molecule has 18 bridgehead atoms. The van der Waals surface area contributed by atoms with Gasteiger partial charge >= 0.3 is 47.8 Å². The Morgan fingerprint density at radius 3 is 1.29 bits per heavy atom. The van der Waals surface area contributed by atoms with Gasteiger partial charge in [0.05, 0.1) is 50.1 Å². The van der Waals surface area contributed by atoms with Gasteiger partial charge in [-0.05, 0) is 358 Å². The summed E-state index contributed by atoms with van der Waals surface area (Å²) in [5.41, 5.74) is -3.71. The fourth-order valence-electron chi connectivity index (χ4n) is 25.2. The highest BCUT2D eigenvalue weighted by Crippen LogP contribution is 2.65. The van der Waals surface area contributed by atoms with E-state index >= 15 is 0 Å². The van der Waals surface area contributed by atoms with Crippen LogP contribution in [0.1, 0.15) is 417 Å². The molecule has 20 aliphatic rings. The topological polar surface area (TPSA) is 240 Å². The highest BCUT2D eigenvalue weighted by molar-refractivity contribution is 5.81. The molecule has 9 atom stereocenters. The quantitative estimate of drug-likeness (QED) is 0.0568. The van der Waals surface area contributed by atoms with Crippen molar-refractivity contribution in [3.8, 4) is 0 Å². The zero-order valence-corrected chi connectivity index (χ0v) is 71.1. The molecular weight excluding hydrogens is 1510 g/mol. The van der Waals surface area contributed by atoms with Gasteiger partial charge in [0, 0.05) is 18.3 Å². The summed E-state index contributed by atoms with van der Waals surface area (Å²) in [7, 11) is 0. The lowest BCUT2D eigenvalue weighted by molar-refractivity contribution is -0.225.